The summed E-state index contributed by atoms with van der Waals surface area (Å²) in [5, 5.41) is 16.7. The van der Waals surface area contributed by atoms with Crippen molar-refractivity contribution in [2.75, 3.05) is 5.32 Å². The van der Waals surface area contributed by atoms with Gasteiger partial charge >= 0.3 is 0 Å². The Balaban J connectivity index is 1.75. The van der Waals surface area contributed by atoms with Crippen LogP contribution < -0.4 is 5.32 Å². The van der Waals surface area contributed by atoms with Crippen molar-refractivity contribution in [1.29, 1.82) is 5.26 Å². The molecule has 0 bridgehead atoms. The van der Waals surface area contributed by atoms with Crippen molar-refractivity contribution in [3.05, 3.63) is 81.5 Å². The average molecular weight is 371 g/mol. The number of nitriles is 1. The molecule has 5 nitrogen and oxygen atoms in total. The zero-order valence-corrected chi connectivity index (χ0v) is 14.4. The minimum atomic E-state index is -0.352. The van der Waals surface area contributed by atoms with Gasteiger partial charge in [-0.25, -0.2) is 0 Å². The quantitative estimate of drug-likeness (QED) is 0.741. The van der Waals surface area contributed by atoms with E-state index in [2.05, 4.69) is 10.4 Å². The lowest BCUT2D eigenvalue weighted by atomic mass is 10.1. The first-order chi connectivity index (χ1) is 12.1. The van der Waals surface area contributed by atoms with Gasteiger partial charge in [-0.1, -0.05) is 41.4 Å². The van der Waals surface area contributed by atoms with Crippen LogP contribution in [0, 0.1) is 11.3 Å². The Morgan fingerprint density at radius 1 is 1.12 bits per heavy atom. The van der Waals surface area contributed by atoms with Crippen LogP contribution in [0.2, 0.25) is 10.0 Å². The van der Waals surface area contributed by atoms with Crippen molar-refractivity contribution in [2.24, 2.45) is 0 Å². The van der Waals surface area contributed by atoms with Crippen molar-refractivity contribution in [1.82, 2.24) is 9.78 Å². The van der Waals surface area contributed by atoms with Gasteiger partial charge in [0, 0.05) is 16.8 Å². The van der Waals surface area contributed by atoms with Crippen LogP contribution in [0.1, 0.15) is 21.5 Å². The predicted molar refractivity (Wildman–Crippen MR) is 96.9 cm³/mol. The number of anilines is 1. The highest BCUT2D eigenvalue weighted by molar-refractivity contribution is 6.33. The van der Waals surface area contributed by atoms with Crippen molar-refractivity contribution in [3.8, 4) is 6.07 Å². The van der Waals surface area contributed by atoms with E-state index in [1.54, 1.807) is 41.2 Å². The molecule has 0 spiro atoms. The monoisotopic (exact) mass is 370 g/mol. The number of benzene rings is 2. The molecule has 0 fully saturated rings. The normalized spacial score (nSPS) is 10.3. The fourth-order valence-electron chi connectivity index (χ4n) is 2.24. The Kier molecular flexibility index (Phi) is 5.03. The number of nitrogens with one attached hydrogen (secondary N) is 1. The second kappa shape index (κ2) is 7.39. The van der Waals surface area contributed by atoms with E-state index in [9.17, 15) is 4.79 Å². The van der Waals surface area contributed by atoms with Gasteiger partial charge in [-0.15, -0.1) is 0 Å². The van der Waals surface area contributed by atoms with Crippen LogP contribution in [-0.4, -0.2) is 15.7 Å². The molecule has 124 valence electrons. The Morgan fingerprint density at radius 3 is 2.52 bits per heavy atom. The molecule has 1 amide bonds. The number of hydrogen-bond acceptors (Lipinski definition) is 3. The molecule has 2 aromatic carbocycles. The minimum absolute atomic E-state index is 0.267. The molecule has 1 heterocycles. The van der Waals surface area contributed by atoms with E-state index in [4.69, 9.17) is 28.5 Å². The summed E-state index contributed by atoms with van der Waals surface area (Å²) in [5.41, 5.74) is 1.79. The molecule has 25 heavy (non-hydrogen) atoms. The Morgan fingerprint density at radius 2 is 1.84 bits per heavy atom. The molecule has 0 saturated heterocycles. The molecule has 7 heteroatoms. The Hall–Kier alpha value is -2.81. The third kappa shape index (κ3) is 4.00. The van der Waals surface area contributed by atoms with Crippen LogP contribution in [0.3, 0.4) is 0 Å². The summed E-state index contributed by atoms with van der Waals surface area (Å²) in [6, 6.07) is 15.7. The third-order valence-electron chi connectivity index (χ3n) is 3.52. The van der Waals surface area contributed by atoms with E-state index in [1.165, 1.54) is 0 Å². The maximum absolute atomic E-state index is 12.3. The van der Waals surface area contributed by atoms with Gasteiger partial charge in [0.15, 0.2) is 5.82 Å². The maximum atomic E-state index is 12.3. The van der Waals surface area contributed by atoms with Gasteiger partial charge in [0.1, 0.15) is 5.02 Å². The van der Waals surface area contributed by atoms with Gasteiger partial charge in [-0.05, 0) is 35.9 Å². The largest absolute Gasteiger partial charge is 0.304 e. The summed E-state index contributed by atoms with van der Waals surface area (Å²) >= 11 is 12.3. The molecule has 0 unspecified atom stereocenters. The van der Waals surface area contributed by atoms with Crippen LogP contribution in [0.15, 0.2) is 54.7 Å². The molecule has 0 saturated carbocycles. The van der Waals surface area contributed by atoms with Gasteiger partial charge in [0.05, 0.1) is 18.2 Å². The smallest absolute Gasteiger partial charge is 0.256 e. The zero-order chi connectivity index (χ0) is 17.8. The molecule has 3 aromatic rings. The fourth-order valence-corrected chi connectivity index (χ4v) is 2.63. The average Bonchev–Trinajstić information content (AvgIpc) is 2.96. The molecule has 1 N–H and O–H groups in total. The van der Waals surface area contributed by atoms with Crippen LogP contribution in [0.5, 0.6) is 0 Å². The summed E-state index contributed by atoms with van der Waals surface area (Å²) in [4.78, 5) is 12.3. The molecular formula is C18H12Cl2N4O. The standard InChI is InChI=1S/C18H12Cl2N4O/c19-15-4-2-1-3-14(15)10-24-11-16(20)17(23-24)22-18(25)13-7-5-12(9-21)6-8-13/h1-8,11H,10H2,(H,22,23,25). The highest BCUT2D eigenvalue weighted by Gasteiger charge is 2.13. The fraction of sp³-hybridized carbons (Fsp3) is 0.0556. The van der Waals surface area contributed by atoms with Gasteiger partial charge < -0.3 is 5.32 Å². The van der Waals surface area contributed by atoms with Crippen molar-refractivity contribution < 1.29 is 4.79 Å². The highest BCUT2D eigenvalue weighted by atomic mass is 35.5. The van der Waals surface area contributed by atoms with Gasteiger partial charge in [-0.2, -0.15) is 10.4 Å². The van der Waals surface area contributed by atoms with E-state index in [-0.39, 0.29) is 11.7 Å². The number of rotatable bonds is 4. The predicted octanol–water partition coefficient (Wildman–Crippen LogP) is 4.36. The highest BCUT2D eigenvalue weighted by Crippen LogP contribution is 2.22. The topological polar surface area (TPSA) is 70.7 Å². The number of aromatic nitrogens is 2. The molecule has 0 aliphatic rings. The van der Waals surface area contributed by atoms with E-state index >= 15 is 0 Å². The van der Waals surface area contributed by atoms with Crippen molar-refractivity contribution in [2.45, 2.75) is 6.54 Å². The number of amides is 1. The van der Waals surface area contributed by atoms with Crippen molar-refractivity contribution >= 4 is 34.9 Å². The summed E-state index contributed by atoms with van der Waals surface area (Å²) in [6.45, 7) is 0.437. The Labute approximate surface area is 154 Å². The summed E-state index contributed by atoms with van der Waals surface area (Å²) < 4.78 is 1.61. The zero-order valence-electron chi connectivity index (χ0n) is 12.9. The van der Waals surface area contributed by atoms with Gasteiger partial charge in [0.2, 0.25) is 0 Å². The van der Waals surface area contributed by atoms with E-state index in [0.29, 0.717) is 27.7 Å². The lowest BCUT2D eigenvalue weighted by Crippen LogP contribution is -2.13. The molecular weight excluding hydrogens is 359 g/mol. The van der Waals surface area contributed by atoms with Crippen molar-refractivity contribution in [3.63, 3.8) is 0 Å². The van der Waals surface area contributed by atoms with E-state index in [0.717, 1.165) is 5.56 Å². The first-order valence-electron chi connectivity index (χ1n) is 7.34. The molecule has 3 rings (SSSR count). The Bertz CT molecular complexity index is 958. The van der Waals surface area contributed by atoms with E-state index in [1.807, 2.05) is 24.3 Å². The van der Waals surface area contributed by atoms with Crippen LogP contribution in [0.4, 0.5) is 5.82 Å². The van der Waals surface area contributed by atoms with Crippen LogP contribution in [0.25, 0.3) is 0 Å². The molecule has 0 aliphatic carbocycles. The first-order valence-corrected chi connectivity index (χ1v) is 8.10. The number of hydrogen-bond donors (Lipinski definition) is 1. The molecule has 0 radical (unpaired) electrons. The molecule has 0 atom stereocenters. The number of halogens is 2. The summed E-state index contributed by atoms with van der Waals surface area (Å²) in [7, 11) is 0. The lowest BCUT2D eigenvalue weighted by Gasteiger charge is -2.04. The number of carbonyl (C=O) groups is 1. The maximum Gasteiger partial charge on any atom is 0.256 e. The summed E-state index contributed by atoms with van der Waals surface area (Å²) in [6.07, 6.45) is 1.62. The first kappa shape index (κ1) is 17.0. The second-order valence-electron chi connectivity index (χ2n) is 5.26. The van der Waals surface area contributed by atoms with E-state index < -0.39 is 0 Å². The van der Waals surface area contributed by atoms with Crippen LogP contribution >= 0.6 is 23.2 Å². The minimum Gasteiger partial charge on any atom is -0.304 e. The second-order valence-corrected chi connectivity index (χ2v) is 6.07. The lowest BCUT2D eigenvalue weighted by molar-refractivity contribution is 0.102. The summed E-state index contributed by atoms with van der Waals surface area (Å²) in [5.74, 6) is -0.0857. The third-order valence-corrected chi connectivity index (χ3v) is 4.16. The number of carbonyl (C=O) groups excluding carboxylic acids is 1. The SMILES string of the molecule is N#Cc1ccc(C(=O)Nc2nn(Cc3ccccc3Cl)cc2Cl)cc1. The number of nitrogens with zero attached hydrogens (tertiary/aromatic N) is 3. The molecule has 1 aromatic heterocycles. The van der Waals surface area contributed by atoms with Crippen LogP contribution in [-0.2, 0) is 6.54 Å². The van der Waals surface area contributed by atoms with Gasteiger partial charge in [0.25, 0.3) is 5.91 Å². The molecule has 0 aliphatic heterocycles. The van der Waals surface area contributed by atoms with Gasteiger partial charge in [-0.3, -0.25) is 9.48 Å².